The van der Waals surface area contributed by atoms with Crippen molar-refractivity contribution in [1.82, 2.24) is 19.7 Å². The molecule has 0 aliphatic rings. The zero-order valence-corrected chi connectivity index (χ0v) is 23.7. The summed E-state index contributed by atoms with van der Waals surface area (Å²) < 4.78 is 30.0. The molecule has 4 rings (SSSR count). The second kappa shape index (κ2) is 12.7. The number of amides is 1. The molecular formula is C31H34ClF2N5O. The molecular weight excluding hydrogens is 532 g/mol. The van der Waals surface area contributed by atoms with Gasteiger partial charge in [-0.2, -0.15) is 5.10 Å². The average Bonchev–Trinajstić information content (AvgIpc) is 3.34. The van der Waals surface area contributed by atoms with Crippen molar-refractivity contribution in [2.75, 3.05) is 13.2 Å². The fraction of sp³-hybridized carbons (Fsp3) is 0.323. The van der Waals surface area contributed by atoms with Gasteiger partial charge in [-0.3, -0.25) is 4.79 Å². The Labute approximate surface area is 238 Å². The highest BCUT2D eigenvalue weighted by atomic mass is 35.5. The number of benzene rings is 3. The molecule has 0 spiro atoms. The lowest BCUT2D eigenvalue weighted by atomic mass is 9.84. The normalized spacial score (nSPS) is 13.2. The maximum atomic E-state index is 15.0. The van der Waals surface area contributed by atoms with Crippen molar-refractivity contribution in [2.45, 2.75) is 45.8 Å². The van der Waals surface area contributed by atoms with E-state index in [1.54, 1.807) is 33.8 Å². The van der Waals surface area contributed by atoms with E-state index in [1.807, 2.05) is 57.2 Å². The van der Waals surface area contributed by atoms with Crippen molar-refractivity contribution in [2.24, 2.45) is 11.1 Å². The van der Waals surface area contributed by atoms with Gasteiger partial charge in [0.15, 0.2) is 11.6 Å². The quantitative estimate of drug-likeness (QED) is 0.232. The minimum absolute atomic E-state index is 0.160. The summed E-state index contributed by atoms with van der Waals surface area (Å²) in [6.45, 7) is 5.84. The molecule has 0 saturated carbocycles. The highest BCUT2D eigenvalue weighted by molar-refractivity contribution is 6.30. The zero-order valence-electron chi connectivity index (χ0n) is 22.9. The Balaban J connectivity index is 1.90. The number of aromatic nitrogens is 3. The summed E-state index contributed by atoms with van der Waals surface area (Å²) in [5.74, 6) is -0.112. The molecule has 0 bridgehead atoms. The molecule has 6 nitrogen and oxygen atoms in total. The molecule has 0 aliphatic heterocycles. The smallest absolute Gasteiger partial charge is 0.254 e. The van der Waals surface area contributed by atoms with E-state index in [0.717, 1.165) is 5.56 Å². The fourth-order valence-corrected chi connectivity index (χ4v) is 4.85. The number of hydrogen-bond donors (Lipinski definition) is 1. The Kier molecular flexibility index (Phi) is 9.32. The molecule has 1 aromatic heterocycles. The number of alkyl halides is 1. The SMILES string of the molecule is CC(C)(C)C(c1nc(-c2cc(Cl)ccc2F)nn1Cc1ccccc1)N(CC[C@H](N)CF)C(=O)c1ccccc1. The highest BCUT2D eigenvalue weighted by Gasteiger charge is 2.39. The van der Waals surface area contributed by atoms with Gasteiger partial charge in [-0.15, -0.1) is 0 Å². The number of nitrogens with two attached hydrogens (primary N) is 1. The molecule has 3 aromatic carbocycles. The van der Waals surface area contributed by atoms with Crippen LogP contribution in [0.15, 0.2) is 78.9 Å². The molecule has 210 valence electrons. The van der Waals surface area contributed by atoms with Crippen LogP contribution in [0.5, 0.6) is 0 Å². The van der Waals surface area contributed by atoms with Gasteiger partial charge in [0.2, 0.25) is 0 Å². The second-order valence-corrected chi connectivity index (χ2v) is 11.3. The summed E-state index contributed by atoms with van der Waals surface area (Å²) in [6.07, 6.45) is 0.254. The predicted octanol–water partition coefficient (Wildman–Crippen LogP) is 6.70. The molecule has 2 atom stereocenters. The minimum atomic E-state index is -0.718. The predicted molar refractivity (Wildman–Crippen MR) is 154 cm³/mol. The molecule has 2 N–H and O–H groups in total. The Bertz CT molecular complexity index is 1420. The topological polar surface area (TPSA) is 77.0 Å². The van der Waals surface area contributed by atoms with Crippen LogP contribution >= 0.6 is 11.6 Å². The molecule has 1 heterocycles. The molecule has 40 heavy (non-hydrogen) atoms. The van der Waals surface area contributed by atoms with Crippen LogP contribution in [0.3, 0.4) is 0 Å². The molecule has 0 aliphatic carbocycles. The van der Waals surface area contributed by atoms with E-state index in [1.165, 1.54) is 18.2 Å². The lowest BCUT2D eigenvalue weighted by Crippen LogP contribution is -2.44. The lowest BCUT2D eigenvalue weighted by Gasteiger charge is -2.40. The molecule has 9 heteroatoms. The summed E-state index contributed by atoms with van der Waals surface area (Å²) in [6, 6.07) is 21.5. The van der Waals surface area contributed by atoms with Gasteiger partial charge in [0.25, 0.3) is 5.91 Å². The number of rotatable bonds is 10. The van der Waals surface area contributed by atoms with E-state index >= 15 is 0 Å². The van der Waals surface area contributed by atoms with Crippen LogP contribution in [-0.2, 0) is 6.54 Å². The van der Waals surface area contributed by atoms with Gasteiger partial charge in [-0.05, 0) is 47.7 Å². The third-order valence-electron chi connectivity index (χ3n) is 6.64. The minimum Gasteiger partial charge on any atom is -0.328 e. The Morgan fingerprint density at radius 1 is 1.05 bits per heavy atom. The molecule has 0 fully saturated rings. The first-order valence-electron chi connectivity index (χ1n) is 13.2. The summed E-state index contributed by atoms with van der Waals surface area (Å²) >= 11 is 6.20. The van der Waals surface area contributed by atoms with Crippen molar-refractivity contribution < 1.29 is 13.6 Å². The summed E-state index contributed by atoms with van der Waals surface area (Å²) in [5.41, 5.74) is 7.01. The van der Waals surface area contributed by atoms with Crippen LogP contribution < -0.4 is 5.73 Å². The summed E-state index contributed by atoms with van der Waals surface area (Å²) in [4.78, 5) is 20.5. The van der Waals surface area contributed by atoms with Gasteiger partial charge in [0.05, 0.1) is 18.2 Å². The van der Waals surface area contributed by atoms with E-state index in [-0.39, 0.29) is 30.3 Å². The third kappa shape index (κ3) is 6.92. The van der Waals surface area contributed by atoms with E-state index in [9.17, 15) is 13.6 Å². The van der Waals surface area contributed by atoms with Crippen LogP contribution in [0.4, 0.5) is 8.78 Å². The second-order valence-electron chi connectivity index (χ2n) is 10.9. The van der Waals surface area contributed by atoms with Crippen LogP contribution in [0.25, 0.3) is 11.4 Å². The first-order valence-corrected chi connectivity index (χ1v) is 13.6. The van der Waals surface area contributed by atoms with E-state index < -0.39 is 30.0 Å². The van der Waals surface area contributed by atoms with Gasteiger partial charge in [0.1, 0.15) is 12.5 Å². The molecule has 1 unspecified atom stereocenters. The Morgan fingerprint density at radius 2 is 1.70 bits per heavy atom. The van der Waals surface area contributed by atoms with Gasteiger partial charge < -0.3 is 10.6 Å². The zero-order chi connectivity index (χ0) is 28.9. The standard InChI is InChI=1S/C31H34ClF2N5O/c1-31(2,3)27(38(17-16-24(35)19-33)30(40)22-12-8-5-9-13-22)29-36-28(25-18-23(32)14-15-26(25)34)37-39(29)20-21-10-6-4-7-11-21/h4-15,18,24,27H,16-17,19-20,35H2,1-3H3/t24-,27?/m0/s1. The van der Waals surface area contributed by atoms with Crippen molar-refractivity contribution in [3.05, 3.63) is 107 Å². The van der Waals surface area contributed by atoms with Gasteiger partial charge in [-0.1, -0.05) is 80.9 Å². The molecule has 1 amide bonds. The van der Waals surface area contributed by atoms with E-state index in [2.05, 4.69) is 0 Å². The lowest BCUT2D eigenvalue weighted by molar-refractivity contribution is 0.0469. The Hall–Kier alpha value is -3.62. The van der Waals surface area contributed by atoms with Crippen molar-refractivity contribution >= 4 is 17.5 Å². The van der Waals surface area contributed by atoms with Crippen molar-refractivity contribution in [3.8, 4) is 11.4 Å². The van der Waals surface area contributed by atoms with E-state index in [0.29, 0.717) is 23.0 Å². The number of hydrogen-bond acceptors (Lipinski definition) is 4. The fourth-order valence-electron chi connectivity index (χ4n) is 4.68. The van der Waals surface area contributed by atoms with Crippen molar-refractivity contribution in [3.63, 3.8) is 0 Å². The highest BCUT2D eigenvalue weighted by Crippen LogP contribution is 2.39. The van der Waals surface area contributed by atoms with Crippen LogP contribution in [0.2, 0.25) is 5.02 Å². The average molecular weight is 566 g/mol. The monoisotopic (exact) mass is 565 g/mol. The number of carbonyl (C=O) groups is 1. The van der Waals surface area contributed by atoms with Crippen LogP contribution in [-0.4, -0.2) is 44.8 Å². The van der Waals surface area contributed by atoms with Gasteiger partial charge in [-0.25, -0.2) is 18.4 Å². The molecule has 0 radical (unpaired) electrons. The maximum absolute atomic E-state index is 15.0. The number of nitrogens with zero attached hydrogens (tertiary/aromatic N) is 4. The summed E-state index contributed by atoms with van der Waals surface area (Å²) in [5, 5.41) is 5.07. The number of carbonyl (C=O) groups excluding carboxylic acids is 1. The van der Waals surface area contributed by atoms with Gasteiger partial charge in [0, 0.05) is 23.2 Å². The first-order chi connectivity index (χ1) is 19.1. The maximum Gasteiger partial charge on any atom is 0.254 e. The molecule has 4 aromatic rings. The van der Waals surface area contributed by atoms with E-state index in [4.69, 9.17) is 27.4 Å². The Morgan fingerprint density at radius 3 is 2.33 bits per heavy atom. The first kappa shape index (κ1) is 29.4. The number of halogens is 3. The summed E-state index contributed by atoms with van der Waals surface area (Å²) in [7, 11) is 0. The van der Waals surface area contributed by atoms with Crippen LogP contribution in [0.1, 0.15) is 55.0 Å². The van der Waals surface area contributed by atoms with Crippen molar-refractivity contribution in [1.29, 1.82) is 0 Å². The largest absolute Gasteiger partial charge is 0.328 e. The van der Waals surface area contributed by atoms with Gasteiger partial charge >= 0.3 is 0 Å². The van der Waals surface area contributed by atoms with Crippen LogP contribution in [0, 0.1) is 11.2 Å². The third-order valence-corrected chi connectivity index (χ3v) is 6.88. The molecule has 0 saturated heterocycles.